The molecule has 3 rings (SSSR count). The Morgan fingerprint density at radius 3 is 2.60 bits per heavy atom. The van der Waals surface area contributed by atoms with Crippen LogP contribution < -0.4 is 19.9 Å². The monoisotopic (exact) mass is 342 g/mol. The number of benzene rings is 1. The van der Waals surface area contributed by atoms with Crippen LogP contribution in [0.4, 0.5) is 17.5 Å². The van der Waals surface area contributed by atoms with Crippen LogP contribution in [0.5, 0.6) is 5.75 Å². The van der Waals surface area contributed by atoms with Gasteiger partial charge in [-0.15, -0.1) is 5.10 Å². The van der Waals surface area contributed by atoms with E-state index >= 15 is 0 Å². The molecule has 1 aliphatic heterocycles. The van der Waals surface area contributed by atoms with E-state index in [4.69, 9.17) is 4.74 Å². The molecule has 1 saturated heterocycles. The van der Waals surface area contributed by atoms with Crippen LogP contribution in [0, 0.1) is 0 Å². The Morgan fingerprint density at radius 2 is 1.88 bits per heavy atom. The Morgan fingerprint density at radius 1 is 1.16 bits per heavy atom. The minimum Gasteiger partial charge on any atom is -0.495 e. The maximum absolute atomic E-state index is 5.48. The summed E-state index contributed by atoms with van der Waals surface area (Å²) in [5.41, 5.74) is 1.14. The molecular weight excluding hydrogens is 316 g/mol. The topological polar surface area (TPSA) is 66.4 Å². The summed E-state index contributed by atoms with van der Waals surface area (Å²) in [6.45, 7) is 7.85. The number of para-hydroxylation sites is 2. The second kappa shape index (κ2) is 8.00. The standard InChI is InChI=1S/C18H26N6O/c1-4-14(2)20-18-21-17(13-19-22-18)24-11-9-23(10-12-24)15-7-5-6-8-16(15)25-3/h5-8,13-14H,4,9-12H2,1-3H3,(H,20,21,22). The van der Waals surface area contributed by atoms with Gasteiger partial charge < -0.3 is 19.9 Å². The molecule has 25 heavy (non-hydrogen) atoms. The average molecular weight is 342 g/mol. The van der Waals surface area contributed by atoms with E-state index in [1.54, 1.807) is 13.3 Å². The molecule has 1 atom stereocenters. The van der Waals surface area contributed by atoms with Crippen LogP contribution in [0.25, 0.3) is 0 Å². The van der Waals surface area contributed by atoms with Crippen molar-refractivity contribution in [2.24, 2.45) is 0 Å². The van der Waals surface area contributed by atoms with Gasteiger partial charge >= 0.3 is 0 Å². The quantitative estimate of drug-likeness (QED) is 0.865. The molecule has 2 aromatic rings. The highest BCUT2D eigenvalue weighted by atomic mass is 16.5. The Bertz CT molecular complexity index is 687. The lowest BCUT2D eigenvalue weighted by atomic mass is 10.2. The number of ether oxygens (including phenoxy) is 1. The Hall–Kier alpha value is -2.57. The van der Waals surface area contributed by atoms with E-state index < -0.39 is 0 Å². The summed E-state index contributed by atoms with van der Waals surface area (Å²) in [6.07, 6.45) is 2.76. The van der Waals surface area contributed by atoms with Crippen molar-refractivity contribution in [2.75, 3.05) is 48.4 Å². The van der Waals surface area contributed by atoms with Gasteiger partial charge in [-0.3, -0.25) is 0 Å². The van der Waals surface area contributed by atoms with E-state index in [0.29, 0.717) is 12.0 Å². The van der Waals surface area contributed by atoms with E-state index in [2.05, 4.69) is 50.2 Å². The highest BCUT2D eigenvalue weighted by Gasteiger charge is 2.21. The number of nitrogens with one attached hydrogen (secondary N) is 1. The van der Waals surface area contributed by atoms with Crippen LogP contribution in [-0.4, -0.2) is 54.5 Å². The molecule has 2 heterocycles. The van der Waals surface area contributed by atoms with Gasteiger partial charge in [-0.25, -0.2) is 0 Å². The smallest absolute Gasteiger partial charge is 0.244 e. The van der Waals surface area contributed by atoms with Gasteiger partial charge in [-0.05, 0) is 25.5 Å². The number of methoxy groups -OCH3 is 1. The lowest BCUT2D eigenvalue weighted by Crippen LogP contribution is -2.47. The number of aromatic nitrogens is 3. The number of rotatable bonds is 6. The predicted molar refractivity (Wildman–Crippen MR) is 101 cm³/mol. The van der Waals surface area contributed by atoms with Crippen molar-refractivity contribution in [3.63, 3.8) is 0 Å². The molecule has 0 bridgehead atoms. The van der Waals surface area contributed by atoms with E-state index in [1.807, 2.05) is 18.2 Å². The van der Waals surface area contributed by atoms with Crippen LogP contribution in [-0.2, 0) is 0 Å². The molecule has 0 aliphatic carbocycles. The van der Waals surface area contributed by atoms with E-state index in [1.165, 1.54) is 0 Å². The van der Waals surface area contributed by atoms with Crippen molar-refractivity contribution in [3.8, 4) is 5.75 Å². The lowest BCUT2D eigenvalue weighted by molar-refractivity contribution is 0.413. The summed E-state index contributed by atoms with van der Waals surface area (Å²) >= 11 is 0. The molecule has 1 unspecified atom stereocenters. The van der Waals surface area contributed by atoms with Gasteiger partial charge in [0.1, 0.15) is 5.75 Å². The van der Waals surface area contributed by atoms with Gasteiger partial charge in [0.25, 0.3) is 0 Å². The van der Waals surface area contributed by atoms with Crippen LogP contribution in [0.2, 0.25) is 0 Å². The average Bonchev–Trinajstić information content (AvgIpc) is 2.68. The fourth-order valence-electron chi connectivity index (χ4n) is 2.90. The van der Waals surface area contributed by atoms with Crippen molar-refractivity contribution in [2.45, 2.75) is 26.3 Å². The first-order valence-electron chi connectivity index (χ1n) is 8.80. The second-order valence-corrected chi connectivity index (χ2v) is 6.24. The summed E-state index contributed by atoms with van der Waals surface area (Å²) in [5.74, 6) is 2.39. The van der Waals surface area contributed by atoms with Crippen LogP contribution in [0.3, 0.4) is 0 Å². The van der Waals surface area contributed by atoms with Gasteiger partial charge in [0, 0.05) is 32.2 Å². The van der Waals surface area contributed by atoms with Gasteiger partial charge in [0.15, 0.2) is 5.82 Å². The number of piperazine rings is 1. The van der Waals surface area contributed by atoms with Crippen molar-refractivity contribution >= 4 is 17.5 Å². The second-order valence-electron chi connectivity index (χ2n) is 6.24. The third kappa shape index (κ3) is 4.10. The molecule has 1 fully saturated rings. The number of anilines is 3. The molecule has 0 saturated carbocycles. The first-order chi connectivity index (χ1) is 12.2. The van der Waals surface area contributed by atoms with Crippen LogP contribution >= 0.6 is 0 Å². The summed E-state index contributed by atoms with van der Waals surface area (Å²) < 4.78 is 5.48. The molecule has 1 N–H and O–H groups in total. The van der Waals surface area contributed by atoms with Gasteiger partial charge in [-0.2, -0.15) is 10.1 Å². The Kier molecular flexibility index (Phi) is 5.53. The van der Waals surface area contributed by atoms with Crippen LogP contribution in [0.1, 0.15) is 20.3 Å². The van der Waals surface area contributed by atoms with Gasteiger partial charge in [0.05, 0.1) is 19.0 Å². The molecule has 7 heteroatoms. The summed E-state index contributed by atoms with van der Waals surface area (Å²) in [7, 11) is 1.72. The Balaban J connectivity index is 1.65. The number of nitrogens with zero attached hydrogens (tertiary/aromatic N) is 5. The first kappa shape index (κ1) is 17.3. The van der Waals surface area contributed by atoms with Crippen molar-refractivity contribution in [3.05, 3.63) is 30.5 Å². The van der Waals surface area contributed by atoms with Gasteiger partial charge in [0.2, 0.25) is 5.95 Å². The molecule has 134 valence electrons. The molecule has 7 nitrogen and oxygen atoms in total. The van der Waals surface area contributed by atoms with Gasteiger partial charge in [-0.1, -0.05) is 19.1 Å². The zero-order valence-electron chi connectivity index (χ0n) is 15.1. The highest BCUT2D eigenvalue weighted by molar-refractivity contribution is 5.59. The largest absolute Gasteiger partial charge is 0.495 e. The van der Waals surface area contributed by atoms with E-state index in [9.17, 15) is 0 Å². The minimum absolute atomic E-state index is 0.333. The van der Waals surface area contributed by atoms with E-state index in [-0.39, 0.29) is 0 Å². The van der Waals surface area contributed by atoms with Crippen LogP contribution in [0.15, 0.2) is 30.5 Å². The lowest BCUT2D eigenvalue weighted by Gasteiger charge is -2.37. The summed E-state index contributed by atoms with van der Waals surface area (Å²) in [4.78, 5) is 9.22. The van der Waals surface area contributed by atoms with Crippen molar-refractivity contribution in [1.82, 2.24) is 15.2 Å². The molecule has 0 radical (unpaired) electrons. The van der Waals surface area contributed by atoms with Crippen molar-refractivity contribution in [1.29, 1.82) is 0 Å². The minimum atomic E-state index is 0.333. The predicted octanol–water partition coefficient (Wildman–Crippen LogP) is 2.42. The third-order valence-electron chi connectivity index (χ3n) is 4.56. The summed E-state index contributed by atoms with van der Waals surface area (Å²) in [6, 6.07) is 8.49. The normalized spacial score (nSPS) is 15.8. The SMILES string of the molecule is CCC(C)Nc1nncc(N2CCN(c3ccccc3OC)CC2)n1. The molecule has 1 aromatic carbocycles. The van der Waals surface area contributed by atoms with E-state index in [0.717, 1.165) is 49.9 Å². The molecule has 1 aromatic heterocycles. The zero-order chi connectivity index (χ0) is 17.6. The highest BCUT2D eigenvalue weighted by Crippen LogP contribution is 2.28. The summed E-state index contributed by atoms with van der Waals surface area (Å²) in [5, 5.41) is 11.5. The maximum atomic E-state index is 5.48. The third-order valence-corrected chi connectivity index (χ3v) is 4.56. The fourth-order valence-corrected chi connectivity index (χ4v) is 2.90. The molecule has 0 amide bonds. The molecule has 0 spiro atoms. The molecule has 1 aliphatic rings. The Labute approximate surface area is 149 Å². The fraction of sp³-hybridized carbons (Fsp3) is 0.500. The molecular formula is C18H26N6O. The van der Waals surface area contributed by atoms with Crippen molar-refractivity contribution < 1.29 is 4.74 Å². The number of hydrogen-bond donors (Lipinski definition) is 1. The first-order valence-corrected chi connectivity index (χ1v) is 8.80. The maximum Gasteiger partial charge on any atom is 0.244 e. The zero-order valence-corrected chi connectivity index (χ0v) is 15.1. The number of hydrogen-bond acceptors (Lipinski definition) is 7.